The zero-order chi connectivity index (χ0) is 14.6. The first-order valence-electron chi connectivity index (χ1n) is 5.49. The number of hydrogen-bond donors (Lipinski definition) is 4. The number of halogens is 1. The van der Waals surface area contributed by atoms with Crippen LogP contribution in [0, 0.1) is 5.82 Å². The highest BCUT2D eigenvalue weighted by atomic mass is 19.1. The van der Waals surface area contributed by atoms with Crippen molar-refractivity contribution in [1.82, 2.24) is 10.3 Å². The molecule has 0 saturated heterocycles. The van der Waals surface area contributed by atoms with Crippen molar-refractivity contribution in [3.8, 4) is 0 Å². The van der Waals surface area contributed by atoms with Crippen LogP contribution in [0.3, 0.4) is 0 Å². The summed E-state index contributed by atoms with van der Waals surface area (Å²) in [5.41, 5.74) is 6.01. The molecule has 7 nitrogen and oxygen atoms in total. The van der Waals surface area contributed by atoms with E-state index in [9.17, 15) is 14.0 Å². The van der Waals surface area contributed by atoms with Crippen LogP contribution in [-0.2, 0) is 4.79 Å². The lowest BCUT2D eigenvalue weighted by molar-refractivity contribution is -0.119. The Bertz CT molecular complexity index is 504. The minimum atomic E-state index is -0.880. The number of aromatic nitrogens is 1. The van der Waals surface area contributed by atoms with E-state index in [1.165, 1.54) is 12.3 Å². The number of anilines is 1. The maximum Gasteiger partial charge on any atom is 0.254 e. The third kappa shape index (κ3) is 3.88. The summed E-state index contributed by atoms with van der Waals surface area (Å²) in [6, 6.07) is 1.21. The van der Waals surface area contributed by atoms with Gasteiger partial charge >= 0.3 is 0 Å². The van der Waals surface area contributed by atoms with E-state index in [1.807, 2.05) is 5.43 Å². The molecule has 0 bridgehead atoms. The van der Waals surface area contributed by atoms with E-state index in [4.69, 9.17) is 11.6 Å². The highest BCUT2D eigenvalue weighted by molar-refractivity contribution is 5.96. The molecular formula is C11H16FN5O2. The number of pyridine rings is 1. The van der Waals surface area contributed by atoms with E-state index in [-0.39, 0.29) is 17.8 Å². The van der Waals surface area contributed by atoms with Gasteiger partial charge in [0.2, 0.25) is 5.91 Å². The number of hydrazine groups is 1. The van der Waals surface area contributed by atoms with Crippen LogP contribution in [0.15, 0.2) is 12.3 Å². The molecule has 0 atom stereocenters. The largest absolute Gasteiger partial charge is 0.370 e. The van der Waals surface area contributed by atoms with Crippen LogP contribution in [0.5, 0.6) is 0 Å². The van der Waals surface area contributed by atoms with Crippen molar-refractivity contribution in [3.63, 3.8) is 0 Å². The van der Waals surface area contributed by atoms with Crippen molar-refractivity contribution < 1.29 is 14.0 Å². The number of rotatable bonds is 5. The highest BCUT2D eigenvalue weighted by Gasteiger charge is 2.25. The fraction of sp³-hybridized carbons (Fsp3) is 0.364. The average Bonchev–Trinajstić information content (AvgIpc) is 2.26. The Balaban J connectivity index is 2.93. The van der Waals surface area contributed by atoms with Crippen LogP contribution in [-0.4, -0.2) is 22.3 Å². The van der Waals surface area contributed by atoms with E-state index in [0.717, 1.165) is 0 Å². The summed E-state index contributed by atoms with van der Waals surface area (Å²) < 4.78 is 13.8. The molecule has 6 N–H and O–H groups in total. The molecule has 19 heavy (non-hydrogen) atoms. The summed E-state index contributed by atoms with van der Waals surface area (Å²) in [5.74, 6) is 2.73. The molecule has 1 aromatic heterocycles. The second-order valence-electron chi connectivity index (χ2n) is 4.65. The summed E-state index contributed by atoms with van der Waals surface area (Å²) in [6.07, 6.45) is 1.18. The van der Waals surface area contributed by atoms with Crippen molar-refractivity contribution >= 4 is 17.6 Å². The molecule has 1 rings (SSSR count). The first-order valence-corrected chi connectivity index (χ1v) is 5.49. The number of nitrogens with zero attached hydrogens (tertiary/aromatic N) is 1. The lowest BCUT2D eigenvalue weighted by Crippen LogP contribution is -2.46. The van der Waals surface area contributed by atoms with Gasteiger partial charge in [0.25, 0.3) is 5.91 Å². The lowest BCUT2D eigenvalue weighted by Gasteiger charge is -2.24. The summed E-state index contributed by atoms with van der Waals surface area (Å²) >= 11 is 0. The Hall–Kier alpha value is -2.22. The Morgan fingerprint density at radius 1 is 1.47 bits per heavy atom. The van der Waals surface area contributed by atoms with E-state index in [2.05, 4.69) is 10.3 Å². The van der Waals surface area contributed by atoms with Crippen molar-refractivity contribution in [2.45, 2.75) is 25.8 Å². The first kappa shape index (κ1) is 14.8. The Kier molecular flexibility index (Phi) is 4.38. The van der Waals surface area contributed by atoms with Gasteiger partial charge in [0.1, 0.15) is 0 Å². The zero-order valence-corrected chi connectivity index (χ0v) is 10.7. The Morgan fingerprint density at radius 3 is 2.63 bits per heavy atom. The molecule has 0 aliphatic carbocycles. The van der Waals surface area contributed by atoms with Gasteiger partial charge in [-0.2, -0.15) is 0 Å². The quantitative estimate of drug-likeness (QED) is 0.438. The first-order chi connectivity index (χ1) is 8.76. The number of nitrogens with one attached hydrogen (secondary N) is 2. The SMILES string of the molecule is CC(C)(CC(N)=O)NC(=O)c1ccnc(NN)c1F. The van der Waals surface area contributed by atoms with Gasteiger partial charge in [0.15, 0.2) is 11.6 Å². The predicted molar refractivity (Wildman–Crippen MR) is 67.4 cm³/mol. The molecule has 0 aromatic carbocycles. The second kappa shape index (κ2) is 5.61. The molecule has 2 amide bonds. The van der Waals surface area contributed by atoms with Gasteiger partial charge in [-0.15, -0.1) is 0 Å². The lowest BCUT2D eigenvalue weighted by atomic mass is 9.99. The van der Waals surface area contributed by atoms with Crippen LogP contribution in [0.2, 0.25) is 0 Å². The summed E-state index contributed by atoms with van der Waals surface area (Å²) in [4.78, 5) is 26.4. The van der Waals surface area contributed by atoms with E-state index in [0.29, 0.717) is 0 Å². The van der Waals surface area contributed by atoms with E-state index < -0.39 is 23.2 Å². The van der Waals surface area contributed by atoms with Gasteiger partial charge in [-0.1, -0.05) is 0 Å². The Morgan fingerprint density at radius 2 is 2.11 bits per heavy atom. The molecule has 104 valence electrons. The monoisotopic (exact) mass is 269 g/mol. The van der Waals surface area contributed by atoms with Crippen LogP contribution in [0.1, 0.15) is 30.6 Å². The second-order valence-corrected chi connectivity index (χ2v) is 4.65. The summed E-state index contributed by atoms with van der Waals surface area (Å²) in [6.45, 7) is 3.22. The van der Waals surface area contributed by atoms with Crippen molar-refractivity contribution in [3.05, 3.63) is 23.6 Å². The standard InChI is InChI=1S/C11H16FN5O2/c1-11(2,5-7(13)18)16-10(19)6-3-4-15-9(17-14)8(6)12/h3-4H,5,14H2,1-2H3,(H2,13,18)(H,15,17)(H,16,19). The number of hydrogen-bond acceptors (Lipinski definition) is 5. The number of nitrogens with two attached hydrogens (primary N) is 2. The molecule has 8 heteroatoms. The van der Waals surface area contributed by atoms with E-state index >= 15 is 0 Å². The minimum Gasteiger partial charge on any atom is -0.370 e. The number of primary amides is 1. The molecule has 0 unspecified atom stereocenters. The van der Waals surface area contributed by atoms with Crippen LogP contribution in [0.25, 0.3) is 0 Å². The molecule has 0 aliphatic rings. The summed E-state index contributed by atoms with van der Waals surface area (Å²) in [5, 5.41) is 2.52. The molecule has 1 heterocycles. The highest BCUT2D eigenvalue weighted by Crippen LogP contribution is 2.16. The maximum absolute atomic E-state index is 13.8. The van der Waals surface area contributed by atoms with Crippen molar-refractivity contribution in [2.75, 3.05) is 5.43 Å². The fourth-order valence-corrected chi connectivity index (χ4v) is 1.57. The molecule has 0 aliphatic heterocycles. The van der Waals surface area contributed by atoms with Gasteiger partial charge in [0, 0.05) is 18.2 Å². The molecule has 0 spiro atoms. The number of carbonyl (C=O) groups is 2. The molecule has 0 saturated carbocycles. The van der Waals surface area contributed by atoms with Crippen molar-refractivity contribution in [2.24, 2.45) is 11.6 Å². The van der Waals surface area contributed by atoms with Crippen molar-refractivity contribution in [1.29, 1.82) is 0 Å². The van der Waals surface area contributed by atoms with Gasteiger partial charge in [-0.25, -0.2) is 15.2 Å². The van der Waals surface area contributed by atoms with Gasteiger partial charge in [-0.3, -0.25) is 9.59 Å². The van der Waals surface area contributed by atoms with Gasteiger partial charge in [-0.05, 0) is 19.9 Å². The minimum absolute atomic E-state index is 0.0621. The maximum atomic E-state index is 13.8. The van der Waals surface area contributed by atoms with Crippen LogP contribution >= 0.6 is 0 Å². The fourth-order valence-electron chi connectivity index (χ4n) is 1.57. The normalized spacial score (nSPS) is 10.9. The third-order valence-electron chi connectivity index (χ3n) is 2.34. The number of nitrogen functional groups attached to an aromatic ring is 1. The van der Waals surface area contributed by atoms with E-state index in [1.54, 1.807) is 13.8 Å². The third-order valence-corrected chi connectivity index (χ3v) is 2.34. The average molecular weight is 269 g/mol. The predicted octanol–water partition coefficient (Wildman–Crippen LogP) is -0.110. The zero-order valence-electron chi connectivity index (χ0n) is 10.7. The number of amides is 2. The smallest absolute Gasteiger partial charge is 0.254 e. The van der Waals surface area contributed by atoms with Gasteiger partial charge < -0.3 is 16.5 Å². The molecule has 1 aromatic rings. The topological polar surface area (TPSA) is 123 Å². The molecule has 0 radical (unpaired) electrons. The molecular weight excluding hydrogens is 253 g/mol. The summed E-state index contributed by atoms with van der Waals surface area (Å²) in [7, 11) is 0. The van der Waals surface area contributed by atoms with Gasteiger partial charge in [0.05, 0.1) is 5.56 Å². The van der Waals surface area contributed by atoms with Crippen LogP contribution in [0.4, 0.5) is 10.2 Å². The van der Waals surface area contributed by atoms with Crippen LogP contribution < -0.4 is 22.3 Å². The molecule has 0 fully saturated rings. The number of carbonyl (C=O) groups excluding carboxylic acids is 2. The Labute approximate surface area is 109 Å².